The molecule has 0 spiro atoms. The number of alkyl halides is 3. The van der Waals surface area contributed by atoms with Gasteiger partial charge in [-0.2, -0.15) is 13.2 Å². The summed E-state index contributed by atoms with van der Waals surface area (Å²) in [6, 6.07) is 2.14. The number of hydrogen-bond donors (Lipinski definition) is 0. The number of halogens is 4. The van der Waals surface area contributed by atoms with Crippen LogP contribution in [0.25, 0.3) is 0 Å². The van der Waals surface area contributed by atoms with Crippen molar-refractivity contribution >= 4 is 33.4 Å². The zero-order valence-electron chi connectivity index (χ0n) is 7.84. The molecule has 0 aromatic heterocycles. The monoisotopic (exact) mass is 315 g/mol. The minimum atomic E-state index is -4.45. The lowest BCUT2D eigenvalue weighted by Crippen LogP contribution is -2.00. The third kappa shape index (κ3) is 3.38. The largest absolute Gasteiger partial charge is 0.446 e. The number of thioether (sulfide) groups is 1. The van der Waals surface area contributed by atoms with Crippen LogP contribution in [-0.4, -0.2) is 10.4 Å². The lowest BCUT2D eigenvalue weighted by molar-refractivity contribution is -0.385. The minimum absolute atomic E-state index is 0.195. The van der Waals surface area contributed by atoms with Gasteiger partial charge in [-0.05, 0) is 46.2 Å². The molecule has 0 N–H and O–H groups in total. The zero-order valence-corrected chi connectivity index (χ0v) is 10.2. The summed E-state index contributed by atoms with van der Waals surface area (Å²) in [7, 11) is 0. The lowest BCUT2D eigenvalue weighted by atomic mass is 10.2. The Morgan fingerprint density at radius 3 is 2.44 bits per heavy atom. The van der Waals surface area contributed by atoms with E-state index >= 15 is 0 Å². The molecule has 0 aliphatic carbocycles. The van der Waals surface area contributed by atoms with Gasteiger partial charge < -0.3 is 0 Å². The highest BCUT2D eigenvalue weighted by Gasteiger charge is 2.30. The van der Waals surface area contributed by atoms with Crippen molar-refractivity contribution < 1.29 is 18.1 Å². The van der Waals surface area contributed by atoms with Crippen LogP contribution in [0.5, 0.6) is 0 Å². The Balaban J connectivity index is 3.19. The van der Waals surface area contributed by atoms with Gasteiger partial charge in [0, 0.05) is 11.0 Å². The van der Waals surface area contributed by atoms with Gasteiger partial charge in [-0.25, -0.2) is 0 Å². The molecule has 0 heterocycles. The van der Waals surface area contributed by atoms with Crippen LogP contribution in [0.3, 0.4) is 0 Å². The van der Waals surface area contributed by atoms with Crippen molar-refractivity contribution in [3.63, 3.8) is 0 Å². The first-order chi connectivity index (χ1) is 7.20. The van der Waals surface area contributed by atoms with E-state index in [2.05, 4.69) is 15.9 Å². The molecule has 1 aromatic rings. The fourth-order valence-electron chi connectivity index (χ4n) is 1.04. The summed E-state index contributed by atoms with van der Waals surface area (Å²) < 4.78 is 36.5. The molecule has 88 valence electrons. The van der Waals surface area contributed by atoms with Gasteiger partial charge >= 0.3 is 5.51 Å². The maximum absolute atomic E-state index is 12.1. The van der Waals surface area contributed by atoms with Crippen LogP contribution >= 0.6 is 27.7 Å². The smallest absolute Gasteiger partial charge is 0.258 e. The first-order valence-corrected chi connectivity index (χ1v) is 5.52. The number of rotatable bonds is 2. The van der Waals surface area contributed by atoms with E-state index in [4.69, 9.17) is 0 Å². The number of benzene rings is 1. The molecule has 0 fully saturated rings. The minimum Gasteiger partial charge on any atom is -0.258 e. The molecule has 3 nitrogen and oxygen atoms in total. The molecular formula is C8H5BrF3NO2S. The van der Waals surface area contributed by atoms with Gasteiger partial charge in [0.15, 0.2) is 0 Å². The molecular weight excluding hydrogens is 311 g/mol. The number of nitro benzene ring substituents is 1. The average Bonchev–Trinajstić information content (AvgIpc) is 2.07. The number of nitro groups is 1. The molecule has 0 saturated carbocycles. The highest BCUT2D eigenvalue weighted by molar-refractivity contribution is 9.10. The van der Waals surface area contributed by atoms with Crippen LogP contribution in [0.1, 0.15) is 5.56 Å². The van der Waals surface area contributed by atoms with Crippen LogP contribution in [0, 0.1) is 17.0 Å². The molecule has 1 aromatic carbocycles. The zero-order chi connectivity index (χ0) is 12.5. The summed E-state index contributed by atoms with van der Waals surface area (Å²) in [5, 5.41) is 10.6. The second kappa shape index (κ2) is 4.62. The van der Waals surface area contributed by atoms with Crippen molar-refractivity contribution in [3.05, 3.63) is 32.3 Å². The van der Waals surface area contributed by atoms with Gasteiger partial charge in [-0.1, -0.05) is 0 Å². The Hall–Kier alpha value is -0.760. The summed E-state index contributed by atoms with van der Waals surface area (Å²) in [6.45, 7) is 1.50. The molecule has 0 aliphatic rings. The Kier molecular flexibility index (Phi) is 3.84. The maximum atomic E-state index is 12.1. The van der Waals surface area contributed by atoms with E-state index in [0.717, 1.165) is 6.07 Å². The molecule has 8 heteroatoms. The van der Waals surface area contributed by atoms with Crippen molar-refractivity contribution in [1.82, 2.24) is 0 Å². The third-order valence-corrected chi connectivity index (χ3v) is 3.37. The van der Waals surface area contributed by atoms with Crippen molar-refractivity contribution in [3.8, 4) is 0 Å². The first kappa shape index (κ1) is 13.3. The highest BCUT2D eigenvalue weighted by Crippen LogP contribution is 2.40. The van der Waals surface area contributed by atoms with Crippen LogP contribution in [0.15, 0.2) is 21.5 Å². The van der Waals surface area contributed by atoms with Gasteiger partial charge in [0.1, 0.15) is 0 Å². The Bertz CT molecular complexity index is 436. The second-order valence-electron chi connectivity index (χ2n) is 2.88. The average molecular weight is 316 g/mol. The molecule has 1 rings (SSSR count). The highest BCUT2D eigenvalue weighted by atomic mass is 79.9. The lowest BCUT2D eigenvalue weighted by Gasteiger charge is -2.07. The van der Waals surface area contributed by atoms with E-state index < -0.39 is 10.4 Å². The van der Waals surface area contributed by atoms with E-state index in [1.165, 1.54) is 13.0 Å². The Labute approximate surface area is 101 Å². The predicted molar refractivity (Wildman–Crippen MR) is 57.4 cm³/mol. The molecule has 0 atom stereocenters. The van der Waals surface area contributed by atoms with Crippen LogP contribution in [-0.2, 0) is 0 Å². The normalized spacial score (nSPS) is 11.6. The van der Waals surface area contributed by atoms with E-state index in [9.17, 15) is 23.3 Å². The van der Waals surface area contributed by atoms with Gasteiger partial charge in [0.05, 0.1) is 9.40 Å². The maximum Gasteiger partial charge on any atom is 0.446 e. The van der Waals surface area contributed by atoms with Crippen LogP contribution in [0.4, 0.5) is 18.9 Å². The predicted octanol–water partition coefficient (Wildman–Crippen LogP) is 4.28. The van der Waals surface area contributed by atoms with E-state index in [-0.39, 0.29) is 26.8 Å². The van der Waals surface area contributed by atoms with E-state index in [0.29, 0.717) is 5.56 Å². The number of hydrogen-bond acceptors (Lipinski definition) is 3. The molecule has 0 aliphatic heterocycles. The van der Waals surface area contributed by atoms with E-state index in [1.807, 2.05) is 0 Å². The molecule has 0 amide bonds. The molecule has 0 radical (unpaired) electrons. The summed E-state index contributed by atoms with van der Waals surface area (Å²) in [5.41, 5.74) is -4.43. The third-order valence-electron chi connectivity index (χ3n) is 1.64. The van der Waals surface area contributed by atoms with Gasteiger partial charge in [-0.15, -0.1) is 0 Å². The fourth-order valence-corrected chi connectivity index (χ4v) is 2.09. The fraction of sp³-hybridized carbons (Fsp3) is 0.250. The molecule has 0 unspecified atom stereocenters. The molecule has 0 saturated heterocycles. The van der Waals surface area contributed by atoms with Crippen molar-refractivity contribution in [2.24, 2.45) is 0 Å². The number of nitrogens with zero attached hydrogens (tertiary/aromatic N) is 1. The van der Waals surface area contributed by atoms with Crippen molar-refractivity contribution in [2.45, 2.75) is 17.3 Å². The van der Waals surface area contributed by atoms with Gasteiger partial charge in [-0.3, -0.25) is 10.1 Å². The summed E-state index contributed by atoms with van der Waals surface area (Å²) >= 11 is 2.59. The second-order valence-corrected chi connectivity index (χ2v) is 4.81. The molecule has 0 bridgehead atoms. The van der Waals surface area contributed by atoms with Crippen LogP contribution in [0.2, 0.25) is 0 Å². The van der Waals surface area contributed by atoms with Crippen molar-refractivity contribution in [2.75, 3.05) is 0 Å². The molecule has 16 heavy (non-hydrogen) atoms. The number of aryl methyl sites for hydroxylation is 1. The van der Waals surface area contributed by atoms with Crippen LogP contribution < -0.4 is 0 Å². The summed E-state index contributed by atoms with van der Waals surface area (Å²) in [4.78, 5) is 9.66. The summed E-state index contributed by atoms with van der Waals surface area (Å²) in [5.74, 6) is 0. The van der Waals surface area contributed by atoms with E-state index in [1.54, 1.807) is 0 Å². The summed E-state index contributed by atoms with van der Waals surface area (Å²) in [6.07, 6.45) is 0. The van der Waals surface area contributed by atoms with Gasteiger partial charge in [0.25, 0.3) is 5.69 Å². The SMILES string of the molecule is Cc1cc(SC(F)(F)F)cc([N+](=O)[O-])c1Br. The topological polar surface area (TPSA) is 43.1 Å². The Morgan fingerprint density at radius 2 is 2.00 bits per heavy atom. The first-order valence-electron chi connectivity index (χ1n) is 3.91. The van der Waals surface area contributed by atoms with Crippen molar-refractivity contribution in [1.29, 1.82) is 0 Å². The quantitative estimate of drug-likeness (QED) is 0.465. The van der Waals surface area contributed by atoms with Gasteiger partial charge in [0.2, 0.25) is 0 Å². The standard InChI is InChI=1S/C8H5BrF3NO2S/c1-4-2-5(16-8(10,11)12)3-6(7(4)9)13(14)15/h2-3H,1H3. The Morgan fingerprint density at radius 1 is 1.44 bits per heavy atom.